The first-order valence-corrected chi connectivity index (χ1v) is 8.28. The van der Waals surface area contributed by atoms with Gasteiger partial charge in [-0.2, -0.15) is 5.26 Å². The van der Waals surface area contributed by atoms with Crippen LogP contribution >= 0.6 is 23.4 Å². The molecular formula is C15H14ClN3O2S. The summed E-state index contributed by atoms with van der Waals surface area (Å²) in [5, 5.41) is 13.0. The molecule has 1 aromatic carbocycles. The van der Waals surface area contributed by atoms with Crippen LogP contribution in [0.1, 0.15) is 19.8 Å². The summed E-state index contributed by atoms with van der Waals surface area (Å²) in [6.45, 7) is 1.77. The van der Waals surface area contributed by atoms with E-state index in [4.69, 9.17) is 16.0 Å². The van der Waals surface area contributed by atoms with Gasteiger partial charge in [-0.15, -0.1) is 0 Å². The lowest BCUT2D eigenvalue weighted by atomic mass is 9.98. The molecule has 1 aromatic heterocycles. The molecule has 0 bridgehead atoms. The number of carbonyl (C=O) groups excluding carboxylic acids is 1. The summed E-state index contributed by atoms with van der Waals surface area (Å²) < 4.78 is 5.54. The third-order valence-corrected chi connectivity index (χ3v) is 4.75. The number of rotatable bonds is 5. The molecule has 1 saturated carbocycles. The van der Waals surface area contributed by atoms with Crippen LogP contribution in [0.3, 0.4) is 0 Å². The third-order valence-electron chi connectivity index (χ3n) is 3.68. The number of nitrogens with zero attached hydrogens (tertiary/aromatic N) is 2. The lowest BCUT2D eigenvalue weighted by Gasteiger charge is -2.22. The molecule has 1 aliphatic carbocycles. The number of benzene rings is 1. The SMILES string of the molecule is CC(C#N)(NC(=O)CSc1nc2cc(Cl)ccc2o1)C1CC1. The molecule has 1 heterocycles. The van der Waals surface area contributed by atoms with Crippen molar-refractivity contribution in [1.29, 1.82) is 5.26 Å². The van der Waals surface area contributed by atoms with Gasteiger partial charge in [0.2, 0.25) is 5.91 Å². The zero-order valence-electron chi connectivity index (χ0n) is 11.9. The van der Waals surface area contributed by atoms with E-state index < -0.39 is 5.54 Å². The standard InChI is InChI=1S/C15H14ClN3O2S/c1-15(8-17,9-2-3-9)19-13(20)7-22-14-18-11-6-10(16)4-5-12(11)21-14/h4-6,9H,2-3,7H2,1H3,(H,19,20). The molecule has 22 heavy (non-hydrogen) atoms. The van der Waals surface area contributed by atoms with Crippen LogP contribution in [0, 0.1) is 17.2 Å². The zero-order chi connectivity index (χ0) is 15.7. The number of fused-ring (bicyclic) bond motifs is 1. The summed E-state index contributed by atoms with van der Waals surface area (Å²) in [7, 11) is 0. The molecule has 0 spiro atoms. The predicted molar refractivity (Wildman–Crippen MR) is 84.6 cm³/mol. The molecule has 1 N–H and O–H groups in total. The van der Waals surface area contributed by atoms with E-state index in [1.165, 1.54) is 11.8 Å². The van der Waals surface area contributed by atoms with Crippen LogP contribution in [-0.4, -0.2) is 22.2 Å². The number of oxazole rings is 1. The van der Waals surface area contributed by atoms with Crippen molar-refractivity contribution in [2.24, 2.45) is 5.92 Å². The quantitative estimate of drug-likeness (QED) is 0.847. The minimum absolute atomic E-state index is 0.157. The Morgan fingerprint density at radius 3 is 3.09 bits per heavy atom. The Morgan fingerprint density at radius 2 is 2.41 bits per heavy atom. The number of halogens is 1. The topological polar surface area (TPSA) is 78.9 Å². The Labute approximate surface area is 137 Å². The van der Waals surface area contributed by atoms with Gasteiger partial charge in [-0.1, -0.05) is 23.4 Å². The molecule has 5 nitrogen and oxygen atoms in total. The largest absolute Gasteiger partial charge is 0.431 e. The van der Waals surface area contributed by atoms with Crippen molar-refractivity contribution in [3.8, 4) is 6.07 Å². The maximum Gasteiger partial charge on any atom is 0.257 e. The molecule has 1 unspecified atom stereocenters. The van der Waals surface area contributed by atoms with Crippen LogP contribution in [0.2, 0.25) is 5.02 Å². The Balaban J connectivity index is 1.61. The van der Waals surface area contributed by atoms with Crippen LogP contribution in [-0.2, 0) is 4.79 Å². The van der Waals surface area contributed by atoms with Gasteiger partial charge in [0, 0.05) is 5.02 Å². The van der Waals surface area contributed by atoms with Gasteiger partial charge in [0.25, 0.3) is 5.22 Å². The highest BCUT2D eigenvalue weighted by Crippen LogP contribution is 2.39. The van der Waals surface area contributed by atoms with Crippen molar-refractivity contribution >= 4 is 40.4 Å². The molecule has 1 fully saturated rings. The van der Waals surface area contributed by atoms with Gasteiger partial charge in [-0.05, 0) is 43.9 Å². The van der Waals surface area contributed by atoms with E-state index in [2.05, 4.69) is 16.4 Å². The fraction of sp³-hybridized carbons (Fsp3) is 0.400. The van der Waals surface area contributed by atoms with Crippen LogP contribution in [0.4, 0.5) is 0 Å². The average Bonchev–Trinajstić information content (AvgIpc) is 3.26. The Kier molecular flexibility index (Phi) is 4.02. The van der Waals surface area contributed by atoms with Crippen molar-refractivity contribution < 1.29 is 9.21 Å². The predicted octanol–water partition coefficient (Wildman–Crippen LogP) is 3.38. The Hall–Kier alpha value is -1.71. The first-order chi connectivity index (χ1) is 10.5. The fourth-order valence-electron chi connectivity index (χ4n) is 2.28. The fourth-order valence-corrected chi connectivity index (χ4v) is 3.08. The van der Waals surface area contributed by atoms with E-state index in [0.717, 1.165) is 12.8 Å². The normalized spacial score (nSPS) is 17.0. The summed E-state index contributed by atoms with van der Waals surface area (Å²) in [5.74, 6) is 0.226. The molecule has 0 saturated heterocycles. The number of thioether (sulfide) groups is 1. The van der Waals surface area contributed by atoms with Crippen molar-refractivity contribution in [3.63, 3.8) is 0 Å². The van der Waals surface area contributed by atoms with Crippen molar-refractivity contribution in [2.75, 3.05) is 5.75 Å². The van der Waals surface area contributed by atoms with Gasteiger partial charge in [0.1, 0.15) is 11.1 Å². The van der Waals surface area contributed by atoms with Gasteiger partial charge < -0.3 is 9.73 Å². The van der Waals surface area contributed by atoms with Gasteiger partial charge in [0.05, 0.1) is 11.8 Å². The minimum atomic E-state index is -0.771. The van der Waals surface area contributed by atoms with E-state index in [-0.39, 0.29) is 17.6 Å². The lowest BCUT2D eigenvalue weighted by molar-refractivity contribution is -0.119. The van der Waals surface area contributed by atoms with Gasteiger partial charge >= 0.3 is 0 Å². The zero-order valence-corrected chi connectivity index (χ0v) is 13.5. The minimum Gasteiger partial charge on any atom is -0.431 e. The lowest BCUT2D eigenvalue weighted by Crippen LogP contribution is -2.47. The van der Waals surface area contributed by atoms with Gasteiger partial charge in [-0.3, -0.25) is 4.79 Å². The number of nitrogens with one attached hydrogen (secondary N) is 1. The second-order valence-corrected chi connectivity index (χ2v) is 6.88. The maximum absolute atomic E-state index is 12.0. The number of hydrogen-bond donors (Lipinski definition) is 1. The average molecular weight is 336 g/mol. The number of amides is 1. The smallest absolute Gasteiger partial charge is 0.257 e. The first-order valence-electron chi connectivity index (χ1n) is 6.91. The van der Waals surface area contributed by atoms with Gasteiger partial charge in [0.15, 0.2) is 5.58 Å². The summed E-state index contributed by atoms with van der Waals surface area (Å²) in [4.78, 5) is 16.3. The van der Waals surface area contributed by atoms with E-state index in [1.54, 1.807) is 25.1 Å². The first kappa shape index (κ1) is 15.2. The van der Waals surface area contributed by atoms with Crippen LogP contribution in [0.25, 0.3) is 11.1 Å². The van der Waals surface area contributed by atoms with Crippen molar-refractivity contribution in [3.05, 3.63) is 23.2 Å². The van der Waals surface area contributed by atoms with Crippen molar-refractivity contribution in [2.45, 2.75) is 30.5 Å². The van der Waals surface area contributed by atoms with Crippen molar-refractivity contribution in [1.82, 2.24) is 10.3 Å². The molecule has 3 rings (SSSR count). The van der Waals surface area contributed by atoms with Gasteiger partial charge in [-0.25, -0.2) is 4.98 Å². The highest BCUT2D eigenvalue weighted by Gasteiger charge is 2.42. The second-order valence-electron chi connectivity index (χ2n) is 5.52. The van der Waals surface area contributed by atoms with E-state index in [9.17, 15) is 10.1 Å². The highest BCUT2D eigenvalue weighted by atomic mass is 35.5. The monoisotopic (exact) mass is 335 g/mol. The van der Waals surface area contributed by atoms with E-state index >= 15 is 0 Å². The van der Waals surface area contributed by atoms with Crippen LogP contribution in [0.15, 0.2) is 27.8 Å². The molecule has 2 aromatic rings. The summed E-state index contributed by atoms with van der Waals surface area (Å²) in [6, 6.07) is 7.39. The molecule has 0 radical (unpaired) electrons. The van der Waals surface area contributed by atoms with E-state index in [1.807, 2.05) is 0 Å². The maximum atomic E-state index is 12.0. The van der Waals surface area contributed by atoms with Crippen LogP contribution < -0.4 is 5.32 Å². The number of nitriles is 1. The third kappa shape index (κ3) is 3.21. The second kappa shape index (κ2) is 5.82. The van der Waals surface area contributed by atoms with Crippen LogP contribution in [0.5, 0.6) is 0 Å². The molecule has 114 valence electrons. The molecule has 0 aliphatic heterocycles. The molecule has 1 atom stereocenters. The number of aromatic nitrogens is 1. The number of hydrogen-bond acceptors (Lipinski definition) is 5. The Morgan fingerprint density at radius 1 is 1.64 bits per heavy atom. The molecular weight excluding hydrogens is 322 g/mol. The summed E-state index contributed by atoms with van der Waals surface area (Å²) in [6.07, 6.45) is 1.98. The van der Waals surface area contributed by atoms with E-state index in [0.29, 0.717) is 21.3 Å². The Bertz CT molecular complexity index is 766. The molecule has 7 heteroatoms. The highest BCUT2D eigenvalue weighted by molar-refractivity contribution is 7.99. The molecule has 1 amide bonds. The molecule has 1 aliphatic rings. The summed E-state index contributed by atoms with van der Waals surface area (Å²) in [5.41, 5.74) is 0.523. The summed E-state index contributed by atoms with van der Waals surface area (Å²) >= 11 is 7.10. The number of carbonyl (C=O) groups is 1.